The lowest BCUT2D eigenvalue weighted by Crippen LogP contribution is -2.08. The average molecular weight is 388 g/mol. The molecule has 0 saturated heterocycles. The van der Waals surface area contributed by atoms with Crippen molar-refractivity contribution in [1.29, 1.82) is 0 Å². The van der Waals surface area contributed by atoms with E-state index in [2.05, 4.69) is 20.2 Å². The topological polar surface area (TPSA) is 70.1 Å². The number of aromatic nitrogens is 6. The van der Waals surface area contributed by atoms with E-state index in [0.717, 1.165) is 0 Å². The van der Waals surface area contributed by atoms with Crippen molar-refractivity contribution in [1.82, 2.24) is 29.4 Å². The first-order chi connectivity index (χ1) is 13.5. The van der Waals surface area contributed by atoms with Crippen LogP contribution in [0.5, 0.6) is 0 Å². The molecule has 10 heteroatoms. The Balaban J connectivity index is 1.93. The molecule has 0 unspecified atom stereocenters. The average Bonchev–Trinajstić information content (AvgIpc) is 3.30. The number of fused-ring (bicyclic) bond motifs is 1. The molecule has 0 atom stereocenters. The van der Waals surface area contributed by atoms with Crippen molar-refractivity contribution < 1.29 is 17.9 Å². The third-order valence-electron chi connectivity index (χ3n) is 4.21. The summed E-state index contributed by atoms with van der Waals surface area (Å²) in [5.41, 5.74) is 0.454. The van der Waals surface area contributed by atoms with Crippen molar-refractivity contribution in [3.8, 4) is 22.4 Å². The minimum atomic E-state index is -4.65. The van der Waals surface area contributed by atoms with Gasteiger partial charge in [0, 0.05) is 43.0 Å². The summed E-state index contributed by atoms with van der Waals surface area (Å²) in [4.78, 5) is 7.85. The maximum Gasteiger partial charge on any atom is 0.435 e. The summed E-state index contributed by atoms with van der Waals surface area (Å²) < 4.78 is 49.0. The zero-order valence-electron chi connectivity index (χ0n) is 14.8. The Hall–Kier alpha value is -3.27. The van der Waals surface area contributed by atoms with Crippen molar-refractivity contribution in [3.63, 3.8) is 0 Å². The molecule has 4 heterocycles. The van der Waals surface area contributed by atoms with E-state index in [1.807, 2.05) is 0 Å². The van der Waals surface area contributed by atoms with E-state index in [9.17, 15) is 13.2 Å². The minimum absolute atomic E-state index is 0.112. The molecular formula is C18H15F3N6O. The third kappa shape index (κ3) is 3.22. The molecule has 0 aliphatic carbocycles. The number of imidazole rings is 1. The van der Waals surface area contributed by atoms with Crippen molar-refractivity contribution in [2.75, 3.05) is 13.7 Å². The molecule has 0 aliphatic heterocycles. The Labute approximate surface area is 157 Å². The van der Waals surface area contributed by atoms with Crippen molar-refractivity contribution >= 4 is 5.65 Å². The molecule has 7 nitrogen and oxygen atoms in total. The van der Waals surface area contributed by atoms with Gasteiger partial charge in [-0.1, -0.05) is 0 Å². The van der Waals surface area contributed by atoms with E-state index in [0.29, 0.717) is 24.3 Å². The van der Waals surface area contributed by atoms with Gasteiger partial charge in [-0.2, -0.15) is 23.4 Å². The van der Waals surface area contributed by atoms with Crippen LogP contribution in [0.1, 0.15) is 5.69 Å². The van der Waals surface area contributed by atoms with E-state index in [1.165, 1.54) is 27.8 Å². The molecule has 0 spiro atoms. The van der Waals surface area contributed by atoms with E-state index in [4.69, 9.17) is 4.74 Å². The first kappa shape index (κ1) is 18.1. The second kappa shape index (κ2) is 7.04. The molecule has 0 saturated carbocycles. The van der Waals surface area contributed by atoms with Crippen LogP contribution in [-0.4, -0.2) is 43.1 Å². The van der Waals surface area contributed by atoms with Crippen molar-refractivity contribution in [2.24, 2.45) is 0 Å². The highest BCUT2D eigenvalue weighted by Crippen LogP contribution is 2.38. The van der Waals surface area contributed by atoms with Gasteiger partial charge >= 0.3 is 6.18 Å². The first-order valence-electron chi connectivity index (χ1n) is 8.36. The summed E-state index contributed by atoms with van der Waals surface area (Å²) in [7, 11) is 1.54. The molecule has 28 heavy (non-hydrogen) atoms. The second-order valence-electron chi connectivity index (χ2n) is 6.01. The SMILES string of the molecule is COCCn1cc(-c2c(C(F)(F)F)nc3c(-c4ccncc4)ccnn23)cn1. The Morgan fingerprint density at radius 2 is 1.82 bits per heavy atom. The fourth-order valence-corrected chi connectivity index (χ4v) is 2.95. The number of halogens is 3. The molecule has 0 amide bonds. The van der Waals surface area contributed by atoms with Crippen LogP contribution >= 0.6 is 0 Å². The zero-order valence-corrected chi connectivity index (χ0v) is 14.8. The fraction of sp³-hybridized carbons (Fsp3) is 0.222. The molecule has 4 aromatic heterocycles. The largest absolute Gasteiger partial charge is 0.435 e. The molecule has 4 aromatic rings. The predicted octanol–water partition coefficient (Wildman–Crippen LogP) is 3.32. The minimum Gasteiger partial charge on any atom is -0.383 e. The Morgan fingerprint density at radius 3 is 2.54 bits per heavy atom. The molecule has 0 aromatic carbocycles. The summed E-state index contributed by atoms with van der Waals surface area (Å²) in [5.74, 6) is 0. The third-order valence-corrected chi connectivity index (χ3v) is 4.21. The highest BCUT2D eigenvalue weighted by Gasteiger charge is 2.39. The quantitative estimate of drug-likeness (QED) is 0.525. The lowest BCUT2D eigenvalue weighted by molar-refractivity contribution is -0.140. The lowest BCUT2D eigenvalue weighted by atomic mass is 10.1. The number of alkyl halides is 3. The van der Waals surface area contributed by atoms with Crippen LogP contribution in [0.4, 0.5) is 13.2 Å². The van der Waals surface area contributed by atoms with Gasteiger partial charge in [-0.15, -0.1) is 0 Å². The number of ether oxygens (including phenoxy) is 1. The number of methoxy groups -OCH3 is 1. The van der Waals surface area contributed by atoms with E-state index in [1.54, 1.807) is 37.7 Å². The van der Waals surface area contributed by atoms with Gasteiger partial charge < -0.3 is 4.74 Å². The Morgan fingerprint density at radius 1 is 1.04 bits per heavy atom. The molecule has 0 fully saturated rings. The normalized spacial score (nSPS) is 12.0. The summed E-state index contributed by atoms with van der Waals surface area (Å²) in [6, 6.07) is 5.04. The monoisotopic (exact) mass is 388 g/mol. The van der Waals surface area contributed by atoms with Crippen molar-refractivity contribution in [2.45, 2.75) is 12.7 Å². The first-order valence-corrected chi connectivity index (χ1v) is 8.36. The molecule has 0 radical (unpaired) electrons. The maximum atomic E-state index is 13.8. The standard InChI is InChI=1S/C18H15F3N6O/c1-28-9-8-26-11-13(10-24-26)15-16(18(19,20)21)25-17-14(4-7-23-27(15)17)12-2-5-22-6-3-12/h2-7,10-11H,8-9H2,1H3. The summed E-state index contributed by atoms with van der Waals surface area (Å²) in [6.45, 7) is 0.815. The van der Waals surface area contributed by atoms with E-state index < -0.39 is 11.9 Å². The Kier molecular flexibility index (Phi) is 4.55. The molecule has 0 bridgehead atoms. The van der Waals surface area contributed by atoms with Gasteiger partial charge in [0.05, 0.1) is 19.3 Å². The van der Waals surface area contributed by atoms with Gasteiger partial charge in [0.15, 0.2) is 11.3 Å². The van der Waals surface area contributed by atoms with Crippen molar-refractivity contribution in [3.05, 3.63) is 54.9 Å². The van der Waals surface area contributed by atoms with Gasteiger partial charge in [-0.05, 0) is 23.8 Å². The van der Waals surface area contributed by atoms with E-state index >= 15 is 0 Å². The number of hydrogen-bond acceptors (Lipinski definition) is 5. The van der Waals surface area contributed by atoms with Crippen LogP contribution in [0.3, 0.4) is 0 Å². The predicted molar refractivity (Wildman–Crippen MR) is 94.3 cm³/mol. The molecule has 0 N–H and O–H groups in total. The van der Waals surface area contributed by atoms with Crippen LogP contribution in [0.25, 0.3) is 28.0 Å². The molecule has 0 aliphatic rings. The maximum absolute atomic E-state index is 13.8. The zero-order chi connectivity index (χ0) is 19.7. The summed E-state index contributed by atoms with van der Waals surface area (Å²) in [6.07, 6.45) is 2.84. The van der Waals surface area contributed by atoms with Crippen LogP contribution < -0.4 is 0 Å². The van der Waals surface area contributed by atoms with Crippen LogP contribution in [0.2, 0.25) is 0 Å². The van der Waals surface area contributed by atoms with Gasteiger partial charge in [0.1, 0.15) is 5.69 Å². The lowest BCUT2D eigenvalue weighted by Gasteiger charge is -2.06. The smallest absolute Gasteiger partial charge is 0.383 e. The fourth-order valence-electron chi connectivity index (χ4n) is 2.95. The molecular weight excluding hydrogens is 373 g/mol. The van der Waals surface area contributed by atoms with E-state index in [-0.39, 0.29) is 16.9 Å². The second-order valence-corrected chi connectivity index (χ2v) is 6.01. The van der Waals surface area contributed by atoms with Crippen LogP contribution in [-0.2, 0) is 17.5 Å². The molecule has 4 rings (SSSR count). The highest BCUT2D eigenvalue weighted by molar-refractivity contribution is 5.80. The van der Waals surface area contributed by atoms with Crippen LogP contribution in [0.15, 0.2) is 49.2 Å². The van der Waals surface area contributed by atoms with Gasteiger partial charge in [0.25, 0.3) is 0 Å². The van der Waals surface area contributed by atoms with Gasteiger partial charge in [0.2, 0.25) is 0 Å². The molecule has 144 valence electrons. The number of pyridine rings is 1. The number of hydrogen-bond donors (Lipinski definition) is 0. The highest BCUT2D eigenvalue weighted by atomic mass is 19.4. The van der Waals surface area contributed by atoms with Crippen LogP contribution in [0, 0.1) is 0 Å². The Bertz CT molecular complexity index is 1100. The summed E-state index contributed by atoms with van der Waals surface area (Å²) >= 11 is 0. The van der Waals surface area contributed by atoms with Gasteiger partial charge in [-0.25, -0.2) is 9.50 Å². The van der Waals surface area contributed by atoms with Gasteiger partial charge in [-0.3, -0.25) is 9.67 Å². The number of rotatable bonds is 5. The number of nitrogens with zero attached hydrogens (tertiary/aromatic N) is 6. The summed E-state index contributed by atoms with van der Waals surface area (Å²) in [5, 5.41) is 8.24.